The van der Waals surface area contributed by atoms with E-state index in [0.29, 0.717) is 11.1 Å². The third-order valence-electron chi connectivity index (χ3n) is 5.67. The number of carbonyl (C=O) groups excluding carboxylic acids is 1. The molecule has 2 aromatic heterocycles. The number of rotatable bonds is 5. The van der Waals surface area contributed by atoms with Crippen LogP contribution in [-0.4, -0.2) is 28.5 Å². The quantitative estimate of drug-likeness (QED) is 0.660. The third-order valence-corrected chi connectivity index (χ3v) is 6.78. The van der Waals surface area contributed by atoms with Gasteiger partial charge in [0.2, 0.25) is 5.91 Å². The number of hydrogen-bond acceptors (Lipinski definition) is 5. The fourth-order valence-corrected chi connectivity index (χ4v) is 4.87. The number of nitrogens with zero attached hydrogens (tertiary/aromatic N) is 3. The summed E-state index contributed by atoms with van der Waals surface area (Å²) in [6, 6.07) is 4.50. The van der Waals surface area contributed by atoms with E-state index >= 15 is 0 Å². The van der Waals surface area contributed by atoms with Gasteiger partial charge in [-0.2, -0.15) is 0 Å². The van der Waals surface area contributed by atoms with Gasteiger partial charge in [0.1, 0.15) is 10.6 Å². The first-order valence-corrected chi connectivity index (χ1v) is 11.0. The summed E-state index contributed by atoms with van der Waals surface area (Å²) >= 11 is 1.50. The number of anilines is 2. The standard InChI is InChI=1S/C22H25FN4O2S/c1-14-15(2)30-21-20(14)22(29)27(13-24-21)11-8-19(28)25-17-12-16(23)6-7-18(17)26-9-4-3-5-10-26/h6-7,12-13H,3-5,8-11H2,1-2H3,(H,25,28). The summed E-state index contributed by atoms with van der Waals surface area (Å²) < 4.78 is 15.3. The lowest BCUT2D eigenvalue weighted by Gasteiger charge is -2.30. The molecule has 4 rings (SSSR count). The minimum absolute atomic E-state index is 0.102. The van der Waals surface area contributed by atoms with Crippen LogP contribution in [0, 0.1) is 19.7 Å². The van der Waals surface area contributed by atoms with Gasteiger partial charge in [-0.05, 0) is 56.9 Å². The molecule has 1 aromatic carbocycles. The molecule has 1 saturated heterocycles. The number of piperidine rings is 1. The van der Waals surface area contributed by atoms with Gasteiger partial charge in [0.25, 0.3) is 5.56 Å². The van der Waals surface area contributed by atoms with Gasteiger partial charge in [-0.3, -0.25) is 14.2 Å². The molecule has 8 heteroatoms. The zero-order valence-corrected chi connectivity index (χ0v) is 18.0. The Balaban J connectivity index is 1.49. The molecular formula is C22H25FN4O2S. The lowest BCUT2D eigenvalue weighted by atomic mass is 10.1. The summed E-state index contributed by atoms with van der Waals surface area (Å²) in [5.74, 6) is -0.649. The molecular weight excluding hydrogens is 403 g/mol. The third kappa shape index (κ3) is 4.09. The number of aryl methyl sites for hydroxylation is 3. The normalized spacial score (nSPS) is 14.3. The number of hydrogen-bond donors (Lipinski definition) is 1. The van der Waals surface area contributed by atoms with E-state index in [0.717, 1.165) is 46.9 Å². The number of fused-ring (bicyclic) bond motifs is 1. The highest BCUT2D eigenvalue weighted by molar-refractivity contribution is 7.18. The van der Waals surface area contributed by atoms with Gasteiger partial charge in [-0.15, -0.1) is 11.3 Å². The summed E-state index contributed by atoms with van der Waals surface area (Å²) in [5.41, 5.74) is 2.13. The second kappa shape index (κ2) is 8.55. The predicted octanol–water partition coefficient (Wildman–Crippen LogP) is 4.23. The van der Waals surface area contributed by atoms with E-state index in [2.05, 4.69) is 15.2 Å². The average Bonchev–Trinajstić information content (AvgIpc) is 3.03. The van der Waals surface area contributed by atoms with Crippen LogP contribution in [0.15, 0.2) is 29.3 Å². The van der Waals surface area contributed by atoms with Crippen molar-refractivity contribution < 1.29 is 9.18 Å². The molecule has 6 nitrogen and oxygen atoms in total. The SMILES string of the molecule is Cc1sc2ncn(CCC(=O)Nc3cc(F)ccc3N3CCCCC3)c(=O)c2c1C. The number of nitrogens with one attached hydrogen (secondary N) is 1. The first kappa shape index (κ1) is 20.5. The molecule has 0 saturated carbocycles. The fourth-order valence-electron chi connectivity index (χ4n) is 3.88. The lowest BCUT2D eigenvalue weighted by Crippen LogP contribution is -2.30. The fraction of sp³-hybridized carbons (Fsp3) is 0.409. The minimum Gasteiger partial charge on any atom is -0.370 e. The van der Waals surface area contributed by atoms with Crippen LogP contribution >= 0.6 is 11.3 Å². The van der Waals surface area contributed by atoms with Gasteiger partial charge in [0.15, 0.2) is 0 Å². The molecule has 1 fully saturated rings. The summed E-state index contributed by atoms with van der Waals surface area (Å²) in [5, 5.41) is 3.46. The van der Waals surface area contributed by atoms with Crippen LogP contribution in [0.1, 0.15) is 36.1 Å². The molecule has 1 aliphatic heterocycles. The molecule has 0 bridgehead atoms. The predicted molar refractivity (Wildman–Crippen MR) is 119 cm³/mol. The molecule has 1 amide bonds. The zero-order valence-electron chi connectivity index (χ0n) is 17.2. The highest BCUT2D eigenvalue weighted by Gasteiger charge is 2.17. The molecule has 0 atom stereocenters. The van der Waals surface area contributed by atoms with Crippen LogP contribution in [0.4, 0.5) is 15.8 Å². The van der Waals surface area contributed by atoms with Gasteiger partial charge in [-0.25, -0.2) is 9.37 Å². The summed E-state index contributed by atoms with van der Waals surface area (Å²) in [7, 11) is 0. The van der Waals surface area contributed by atoms with Crippen LogP contribution in [0.2, 0.25) is 0 Å². The Kier molecular flexibility index (Phi) is 5.85. The van der Waals surface area contributed by atoms with Gasteiger partial charge in [0, 0.05) is 30.9 Å². The topological polar surface area (TPSA) is 67.2 Å². The van der Waals surface area contributed by atoms with E-state index < -0.39 is 0 Å². The number of halogens is 1. The number of benzene rings is 1. The Morgan fingerprint density at radius 2 is 2.00 bits per heavy atom. The van der Waals surface area contributed by atoms with Gasteiger partial charge < -0.3 is 10.2 Å². The van der Waals surface area contributed by atoms with Crippen molar-refractivity contribution in [3.05, 3.63) is 51.1 Å². The Hall–Kier alpha value is -2.74. The highest BCUT2D eigenvalue weighted by Crippen LogP contribution is 2.29. The van der Waals surface area contributed by atoms with Crippen LogP contribution in [0.3, 0.4) is 0 Å². The van der Waals surface area contributed by atoms with Crippen molar-refractivity contribution in [3.63, 3.8) is 0 Å². The van der Waals surface area contributed by atoms with E-state index in [9.17, 15) is 14.0 Å². The Morgan fingerprint density at radius 3 is 2.77 bits per heavy atom. The molecule has 0 spiro atoms. The van der Waals surface area contributed by atoms with Crippen LogP contribution in [-0.2, 0) is 11.3 Å². The van der Waals surface area contributed by atoms with Gasteiger partial charge >= 0.3 is 0 Å². The highest BCUT2D eigenvalue weighted by atomic mass is 32.1. The smallest absolute Gasteiger partial charge is 0.262 e. The minimum atomic E-state index is -0.389. The van der Waals surface area contributed by atoms with Crippen molar-refractivity contribution in [1.82, 2.24) is 9.55 Å². The Bertz CT molecular complexity index is 1150. The van der Waals surface area contributed by atoms with Crippen molar-refractivity contribution in [2.45, 2.75) is 46.1 Å². The maximum atomic E-state index is 13.8. The summed E-state index contributed by atoms with van der Waals surface area (Å²) in [6.07, 6.45) is 4.96. The number of amides is 1. The maximum Gasteiger partial charge on any atom is 0.262 e. The molecule has 30 heavy (non-hydrogen) atoms. The number of aromatic nitrogens is 2. The average molecular weight is 429 g/mol. The van der Waals surface area contributed by atoms with Gasteiger partial charge in [-0.1, -0.05) is 0 Å². The largest absolute Gasteiger partial charge is 0.370 e. The first-order chi connectivity index (χ1) is 14.4. The van der Waals surface area contributed by atoms with Crippen molar-refractivity contribution in [2.24, 2.45) is 0 Å². The molecule has 1 aliphatic rings. The Labute approximate surface area is 178 Å². The van der Waals surface area contributed by atoms with Crippen LogP contribution in [0.5, 0.6) is 0 Å². The van der Waals surface area contributed by atoms with Crippen LogP contribution < -0.4 is 15.8 Å². The Morgan fingerprint density at radius 1 is 1.23 bits per heavy atom. The van der Waals surface area contributed by atoms with Crippen molar-refractivity contribution >= 4 is 38.8 Å². The first-order valence-electron chi connectivity index (χ1n) is 10.2. The lowest BCUT2D eigenvalue weighted by molar-refractivity contribution is -0.116. The number of thiophene rings is 1. The molecule has 1 N–H and O–H groups in total. The second-order valence-electron chi connectivity index (χ2n) is 7.71. The van der Waals surface area contributed by atoms with E-state index in [4.69, 9.17) is 0 Å². The van der Waals surface area contributed by atoms with Crippen molar-refractivity contribution in [1.29, 1.82) is 0 Å². The zero-order chi connectivity index (χ0) is 21.3. The molecule has 3 aromatic rings. The second-order valence-corrected chi connectivity index (χ2v) is 8.92. The van der Waals surface area contributed by atoms with E-state index in [1.807, 2.05) is 13.8 Å². The van der Waals surface area contributed by atoms with E-state index in [1.165, 1.54) is 40.8 Å². The van der Waals surface area contributed by atoms with Crippen LogP contribution in [0.25, 0.3) is 10.2 Å². The van der Waals surface area contributed by atoms with Crippen molar-refractivity contribution in [3.8, 4) is 0 Å². The van der Waals surface area contributed by atoms with E-state index in [1.54, 1.807) is 6.07 Å². The number of carbonyl (C=O) groups is 1. The molecule has 0 radical (unpaired) electrons. The van der Waals surface area contributed by atoms with E-state index in [-0.39, 0.29) is 30.2 Å². The molecule has 0 aliphatic carbocycles. The monoisotopic (exact) mass is 428 g/mol. The molecule has 0 unspecified atom stereocenters. The molecule has 158 valence electrons. The van der Waals surface area contributed by atoms with Crippen molar-refractivity contribution in [2.75, 3.05) is 23.3 Å². The molecule has 3 heterocycles. The summed E-state index contributed by atoms with van der Waals surface area (Å²) in [6.45, 7) is 5.90. The van der Waals surface area contributed by atoms with Gasteiger partial charge in [0.05, 0.1) is 23.1 Å². The summed E-state index contributed by atoms with van der Waals surface area (Å²) in [4.78, 5) is 33.7. The maximum absolute atomic E-state index is 13.8.